The fraction of sp³-hybridized carbons (Fsp3) is 0.625. The van der Waals surface area contributed by atoms with Gasteiger partial charge in [0.25, 0.3) is 5.91 Å². The molecule has 0 bridgehead atoms. The van der Waals surface area contributed by atoms with E-state index in [4.69, 9.17) is 0 Å². The van der Waals surface area contributed by atoms with Crippen LogP contribution in [0.15, 0.2) is 0 Å². The second-order valence-electron chi connectivity index (χ2n) is 2.76. The SMILES string of the molecule is CCNc1nnc(C(=O)N(C)CC)s1. The van der Waals surface area contributed by atoms with Gasteiger partial charge in [0, 0.05) is 20.1 Å². The molecule has 1 aromatic heterocycles. The van der Waals surface area contributed by atoms with Crippen LogP contribution in [-0.2, 0) is 0 Å². The Kier molecular flexibility index (Phi) is 3.82. The number of rotatable bonds is 4. The summed E-state index contributed by atoms with van der Waals surface area (Å²) >= 11 is 1.28. The molecule has 0 atom stereocenters. The van der Waals surface area contributed by atoms with Gasteiger partial charge in [-0.1, -0.05) is 11.3 Å². The molecule has 0 fully saturated rings. The third-order valence-electron chi connectivity index (χ3n) is 1.76. The Morgan fingerprint density at radius 3 is 2.79 bits per heavy atom. The molecule has 0 saturated heterocycles. The summed E-state index contributed by atoms with van der Waals surface area (Å²) in [4.78, 5) is 13.2. The normalized spacial score (nSPS) is 9.93. The second-order valence-corrected chi connectivity index (χ2v) is 3.74. The highest BCUT2D eigenvalue weighted by molar-refractivity contribution is 7.17. The van der Waals surface area contributed by atoms with E-state index in [0.29, 0.717) is 16.7 Å². The summed E-state index contributed by atoms with van der Waals surface area (Å²) in [6.07, 6.45) is 0. The number of nitrogens with zero attached hydrogens (tertiary/aromatic N) is 3. The number of hydrogen-bond acceptors (Lipinski definition) is 5. The predicted octanol–water partition coefficient (Wildman–Crippen LogP) is 1.06. The smallest absolute Gasteiger partial charge is 0.284 e. The van der Waals surface area contributed by atoms with Crippen LogP contribution in [-0.4, -0.2) is 41.1 Å². The summed E-state index contributed by atoms with van der Waals surface area (Å²) in [5.74, 6) is -0.0749. The summed E-state index contributed by atoms with van der Waals surface area (Å²) in [6.45, 7) is 5.35. The molecule has 1 aromatic rings. The van der Waals surface area contributed by atoms with Gasteiger partial charge in [-0.2, -0.15) is 0 Å². The van der Waals surface area contributed by atoms with Crippen LogP contribution in [0.1, 0.15) is 23.6 Å². The van der Waals surface area contributed by atoms with Crippen molar-refractivity contribution in [1.82, 2.24) is 15.1 Å². The molecule has 0 radical (unpaired) electrons. The Morgan fingerprint density at radius 1 is 1.50 bits per heavy atom. The van der Waals surface area contributed by atoms with Gasteiger partial charge in [0.15, 0.2) is 0 Å². The van der Waals surface area contributed by atoms with E-state index in [1.54, 1.807) is 11.9 Å². The number of anilines is 1. The molecule has 0 saturated carbocycles. The van der Waals surface area contributed by atoms with Gasteiger partial charge in [-0.05, 0) is 13.8 Å². The third-order valence-corrected chi connectivity index (χ3v) is 2.63. The van der Waals surface area contributed by atoms with Crippen molar-refractivity contribution in [3.05, 3.63) is 5.01 Å². The predicted molar refractivity (Wildman–Crippen MR) is 56.7 cm³/mol. The van der Waals surface area contributed by atoms with Crippen molar-refractivity contribution in [3.8, 4) is 0 Å². The molecule has 0 spiro atoms. The quantitative estimate of drug-likeness (QED) is 0.814. The summed E-state index contributed by atoms with van der Waals surface area (Å²) in [6, 6.07) is 0. The fourth-order valence-corrected chi connectivity index (χ4v) is 1.65. The molecule has 1 amide bonds. The Morgan fingerprint density at radius 2 is 2.21 bits per heavy atom. The van der Waals surface area contributed by atoms with Gasteiger partial charge < -0.3 is 10.2 Å². The highest BCUT2D eigenvalue weighted by Crippen LogP contribution is 2.15. The van der Waals surface area contributed by atoms with E-state index < -0.39 is 0 Å². The first-order valence-electron chi connectivity index (χ1n) is 4.51. The molecule has 0 aromatic carbocycles. The van der Waals surface area contributed by atoms with Gasteiger partial charge in [-0.15, -0.1) is 10.2 Å². The summed E-state index contributed by atoms with van der Waals surface area (Å²) in [7, 11) is 1.75. The number of hydrogen-bond donors (Lipinski definition) is 1. The van der Waals surface area contributed by atoms with Gasteiger partial charge >= 0.3 is 0 Å². The first-order valence-corrected chi connectivity index (χ1v) is 5.33. The maximum Gasteiger partial charge on any atom is 0.284 e. The van der Waals surface area contributed by atoms with E-state index in [1.807, 2.05) is 13.8 Å². The Balaban J connectivity index is 2.71. The Bertz CT molecular complexity index is 312. The molecule has 1 heterocycles. The van der Waals surface area contributed by atoms with E-state index in [2.05, 4.69) is 15.5 Å². The number of nitrogens with one attached hydrogen (secondary N) is 1. The van der Waals surface area contributed by atoms with Crippen LogP contribution in [0.2, 0.25) is 0 Å². The van der Waals surface area contributed by atoms with Crippen LogP contribution in [0, 0.1) is 0 Å². The highest BCUT2D eigenvalue weighted by Gasteiger charge is 2.15. The molecule has 5 nitrogen and oxygen atoms in total. The minimum absolute atomic E-state index is 0.0749. The van der Waals surface area contributed by atoms with Crippen molar-refractivity contribution in [2.24, 2.45) is 0 Å². The van der Waals surface area contributed by atoms with Crippen molar-refractivity contribution in [1.29, 1.82) is 0 Å². The summed E-state index contributed by atoms with van der Waals surface area (Å²) in [5.41, 5.74) is 0. The standard InChI is InChI=1S/C8H14N4OS/c1-4-9-8-11-10-6(14-8)7(13)12(3)5-2/h4-5H2,1-3H3,(H,9,11). The van der Waals surface area contributed by atoms with Crippen molar-refractivity contribution in [2.75, 3.05) is 25.5 Å². The van der Waals surface area contributed by atoms with Crippen LogP contribution >= 0.6 is 11.3 Å². The van der Waals surface area contributed by atoms with Crippen LogP contribution in [0.3, 0.4) is 0 Å². The number of aromatic nitrogens is 2. The number of amides is 1. The molecule has 0 aliphatic heterocycles. The van der Waals surface area contributed by atoms with E-state index in [1.165, 1.54) is 11.3 Å². The lowest BCUT2D eigenvalue weighted by Gasteiger charge is -2.10. The Hall–Kier alpha value is -1.17. The Labute approximate surface area is 87.1 Å². The third kappa shape index (κ3) is 2.41. The van der Waals surface area contributed by atoms with E-state index >= 15 is 0 Å². The first-order chi connectivity index (χ1) is 6.69. The van der Waals surface area contributed by atoms with Gasteiger partial charge in [0.2, 0.25) is 10.1 Å². The van der Waals surface area contributed by atoms with Crippen molar-refractivity contribution in [3.63, 3.8) is 0 Å². The molecule has 0 aliphatic carbocycles. The maximum absolute atomic E-state index is 11.6. The molecule has 78 valence electrons. The summed E-state index contributed by atoms with van der Waals surface area (Å²) in [5, 5.41) is 11.8. The van der Waals surface area contributed by atoms with Crippen molar-refractivity contribution < 1.29 is 4.79 Å². The average Bonchev–Trinajstić information content (AvgIpc) is 2.64. The molecule has 14 heavy (non-hydrogen) atoms. The topological polar surface area (TPSA) is 58.1 Å². The zero-order valence-corrected chi connectivity index (χ0v) is 9.39. The van der Waals surface area contributed by atoms with Gasteiger partial charge in [0.1, 0.15) is 0 Å². The molecule has 1 rings (SSSR count). The maximum atomic E-state index is 11.6. The van der Waals surface area contributed by atoms with Crippen LogP contribution in [0.25, 0.3) is 0 Å². The monoisotopic (exact) mass is 214 g/mol. The zero-order valence-electron chi connectivity index (χ0n) is 8.57. The minimum atomic E-state index is -0.0749. The summed E-state index contributed by atoms with van der Waals surface area (Å²) < 4.78 is 0. The van der Waals surface area contributed by atoms with Gasteiger partial charge in [0.05, 0.1) is 0 Å². The first kappa shape index (κ1) is 10.9. The van der Waals surface area contributed by atoms with Crippen LogP contribution in [0.4, 0.5) is 5.13 Å². The average molecular weight is 214 g/mol. The van der Waals surface area contributed by atoms with Crippen molar-refractivity contribution in [2.45, 2.75) is 13.8 Å². The van der Waals surface area contributed by atoms with E-state index in [0.717, 1.165) is 6.54 Å². The molecule has 0 aliphatic rings. The second kappa shape index (κ2) is 4.90. The largest absolute Gasteiger partial charge is 0.360 e. The molecule has 0 unspecified atom stereocenters. The van der Waals surface area contributed by atoms with Gasteiger partial charge in [-0.25, -0.2) is 0 Å². The van der Waals surface area contributed by atoms with E-state index in [-0.39, 0.29) is 5.91 Å². The minimum Gasteiger partial charge on any atom is -0.360 e. The van der Waals surface area contributed by atoms with Crippen LogP contribution in [0.5, 0.6) is 0 Å². The lowest BCUT2D eigenvalue weighted by molar-refractivity contribution is 0.0801. The molecular weight excluding hydrogens is 200 g/mol. The van der Waals surface area contributed by atoms with E-state index in [9.17, 15) is 4.79 Å². The zero-order chi connectivity index (χ0) is 10.6. The number of carbonyl (C=O) groups is 1. The molecular formula is C8H14N4OS. The lowest BCUT2D eigenvalue weighted by atomic mass is 10.5. The van der Waals surface area contributed by atoms with Gasteiger partial charge in [-0.3, -0.25) is 4.79 Å². The van der Waals surface area contributed by atoms with Crippen molar-refractivity contribution >= 4 is 22.4 Å². The lowest BCUT2D eigenvalue weighted by Crippen LogP contribution is -2.26. The van der Waals surface area contributed by atoms with Crippen LogP contribution < -0.4 is 5.32 Å². The highest BCUT2D eigenvalue weighted by atomic mass is 32.1. The molecule has 1 N–H and O–H groups in total. The molecule has 6 heteroatoms. The fourth-order valence-electron chi connectivity index (χ4n) is 0.839. The number of carbonyl (C=O) groups excluding carboxylic acids is 1.